The zero-order valence-corrected chi connectivity index (χ0v) is 15.0. The number of hydrogen-bond acceptors (Lipinski definition) is 6. The second-order valence-electron chi connectivity index (χ2n) is 5.86. The molecule has 7 heteroatoms. The normalized spacial score (nSPS) is 13.0. The van der Waals surface area contributed by atoms with Crippen LogP contribution in [0.3, 0.4) is 0 Å². The van der Waals surface area contributed by atoms with Crippen molar-refractivity contribution >= 4 is 32.9 Å². The van der Waals surface area contributed by atoms with Gasteiger partial charge in [0.05, 0.1) is 12.3 Å². The zero-order chi connectivity index (χ0) is 18.7. The van der Waals surface area contributed by atoms with Crippen LogP contribution >= 0.6 is 0 Å². The smallest absolute Gasteiger partial charge is 0.225 e. The van der Waals surface area contributed by atoms with E-state index >= 15 is 0 Å². The molecule has 0 aromatic heterocycles. The topological polar surface area (TPSA) is 85.2 Å². The highest BCUT2D eigenvalue weighted by Crippen LogP contribution is 2.30. The van der Waals surface area contributed by atoms with Crippen LogP contribution in [0.1, 0.15) is 24.2 Å². The first-order chi connectivity index (χ1) is 12.5. The standard InChI is InChI=1S/C19H16N2O4S/c1-12(2)25-16-6-4-3-5-15(16)13-7-9-14(10-8-13)19(22)18-17(26(23)24)11-20-21-18/h3-12H,1-2H3. The molecule has 0 unspecified atom stereocenters. The second-order valence-corrected chi connectivity index (χ2v) is 6.77. The van der Waals surface area contributed by atoms with E-state index in [9.17, 15) is 13.2 Å². The molecule has 0 radical (unpaired) electrons. The number of hydrogen-bond donors (Lipinski definition) is 0. The fraction of sp³-hybridized carbons (Fsp3) is 0.158. The fourth-order valence-corrected chi connectivity index (χ4v) is 2.95. The van der Waals surface area contributed by atoms with Crippen LogP contribution in [0.15, 0.2) is 58.7 Å². The Labute approximate surface area is 152 Å². The van der Waals surface area contributed by atoms with Crippen molar-refractivity contribution in [3.63, 3.8) is 0 Å². The van der Waals surface area contributed by atoms with Crippen LogP contribution in [0.5, 0.6) is 5.75 Å². The molecule has 0 N–H and O–H groups in total. The van der Waals surface area contributed by atoms with Crippen molar-refractivity contribution in [1.82, 2.24) is 0 Å². The van der Waals surface area contributed by atoms with Gasteiger partial charge in [0.15, 0.2) is 5.71 Å². The highest BCUT2D eigenvalue weighted by molar-refractivity contribution is 7.77. The van der Waals surface area contributed by atoms with Crippen LogP contribution in [0, 0.1) is 0 Å². The highest BCUT2D eigenvalue weighted by atomic mass is 32.2. The highest BCUT2D eigenvalue weighted by Gasteiger charge is 2.23. The van der Waals surface area contributed by atoms with E-state index in [1.54, 1.807) is 24.3 Å². The van der Waals surface area contributed by atoms with Crippen molar-refractivity contribution in [2.24, 2.45) is 10.2 Å². The lowest BCUT2D eigenvalue weighted by molar-refractivity contribution is 0.106. The molecular formula is C19H16N2O4S. The van der Waals surface area contributed by atoms with E-state index in [-0.39, 0.29) is 16.7 Å². The van der Waals surface area contributed by atoms with Gasteiger partial charge in [0.2, 0.25) is 16.1 Å². The third kappa shape index (κ3) is 3.62. The van der Waals surface area contributed by atoms with Crippen molar-refractivity contribution in [3.05, 3.63) is 54.1 Å². The average molecular weight is 368 g/mol. The van der Waals surface area contributed by atoms with Gasteiger partial charge in [-0.25, -0.2) is 0 Å². The quantitative estimate of drug-likeness (QED) is 0.600. The van der Waals surface area contributed by atoms with Crippen LogP contribution in [0.25, 0.3) is 11.1 Å². The molecule has 1 aliphatic heterocycles. The number of para-hydroxylation sites is 1. The molecule has 0 aliphatic carbocycles. The number of carbonyl (C=O) groups excluding carboxylic acids is 1. The Morgan fingerprint density at radius 1 is 1.04 bits per heavy atom. The van der Waals surface area contributed by atoms with E-state index in [1.165, 1.54) is 0 Å². The number of ether oxygens (including phenoxy) is 1. The summed E-state index contributed by atoms with van der Waals surface area (Å²) < 4.78 is 28.1. The van der Waals surface area contributed by atoms with E-state index < -0.39 is 16.1 Å². The molecular weight excluding hydrogens is 352 g/mol. The van der Waals surface area contributed by atoms with Crippen LogP contribution in [-0.2, 0) is 10.3 Å². The predicted octanol–water partition coefficient (Wildman–Crippen LogP) is 2.82. The van der Waals surface area contributed by atoms with Crippen molar-refractivity contribution in [3.8, 4) is 16.9 Å². The Morgan fingerprint density at radius 2 is 1.73 bits per heavy atom. The molecule has 1 aliphatic rings. The summed E-state index contributed by atoms with van der Waals surface area (Å²) in [4.78, 5) is 12.3. The van der Waals surface area contributed by atoms with E-state index in [1.807, 2.05) is 38.1 Å². The molecule has 0 fully saturated rings. The summed E-state index contributed by atoms with van der Waals surface area (Å²) in [7, 11) is -2.56. The minimum Gasteiger partial charge on any atom is -0.490 e. The van der Waals surface area contributed by atoms with Crippen LogP contribution in [0.2, 0.25) is 0 Å². The van der Waals surface area contributed by atoms with Crippen molar-refractivity contribution < 1.29 is 17.9 Å². The monoisotopic (exact) mass is 368 g/mol. The van der Waals surface area contributed by atoms with E-state index in [0.29, 0.717) is 5.56 Å². The Kier molecular flexibility index (Phi) is 5.09. The van der Waals surface area contributed by atoms with Gasteiger partial charge in [-0.3, -0.25) is 4.79 Å². The van der Waals surface area contributed by atoms with E-state index in [0.717, 1.165) is 23.1 Å². The van der Waals surface area contributed by atoms with Gasteiger partial charge in [-0.15, -0.1) is 5.10 Å². The fourth-order valence-electron chi connectivity index (χ4n) is 2.53. The maximum atomic E-state index is 12.5. The molecule has 0 saturated heterocycles. The van der Waals surface area contributed by atoms with Gasteiger partial charge in [0.25, 0.3) is 0 Å². The van der Waals surface area contributed by atoms with Gasteiger partial charge in [-0.2, -0.15) is 13.5 Å². The molecule has 132 valence electrons. The molecule has 2 aromatic carbocycles. The SMILES string of the molecule is CC(C)Oc1ccccc1-c1ccc(C(=O)C2=NN=CC2=S(=O)=O)cc1. The second kappa shape index (κ2) is 7.45. The minimum atomic E-state index is -2.56. The summed E-state index contributed by atoms with van der Waals surface area (Å²) in [5.74, 6) is 0.271. The number of carbonyl (C=O) groups is 1. The summed E-state index contributed by atoms with van der Waals surface area (Å²) >= 11 is 0. The lowest BCUT2D eigenvalue weighted by Crippen LogP contribution is -2.23. The Hall–Kier alpha value is -3.06. The lowest BCUT2D eigenvalue weighted by atomic mass is 9.99. The first kappa shape index (κ1) is 17.8. The van der Waals surface area contributed by atoms with E-state index in [4.69, 9.17) is 4.74 Å². The molecule has 26 heavy (non-hydrogen) atoms. The number of nitrogens with zero attached hydrogens (tertiary/aromatic N) is 2. The first-order valence-corrected chi connectivity index (χ1v) is 9.03. The van der Waals surface area contributed by atoms with Crippen molar-refractivity contribution in [2.75, 3.05) is 0 Å². The maximum Gasteiger partial charge on any atom is 0.225 e. The van der Waals surface area contributed by atoms with Crippen molar-refractivity contribution in [2.45, 2.75) is 20.0 Å². The van der Waals surface area contributed by atoms with Crippen molar-refractivity contribution in [1.29, 1.82) is 0 Å². The predicted molar refractivity (Wildman–Crippen MR) is 102 cm³/mol. The molecule has 2 aromatic rings. The number of Topliss-reactive ketones (excluding diaryl/α,β-unsaturated/α-hetero) is 1. The van der Waals surface area contributed by atoms with E-state index in [2.05, 4.69) is 10.2 Å². The van der Waals surface area contributed by atoms with Gasteiger partial charge >= 0.3 is 0 Å². The molecule has 0 spiro atoms. The van der Waals surface area contributed by atoms with Crippen LogP contribution < -0.4 is 4.74 Å². The molecule has 0 atom stereocenters. The third-order valence-corrected chi connectivity index (χ3v) is 4.33. The average Bonchev–Trinajstić information content (AvgIpc) is 3.11. The number of rotatable bonds is 5. The molecule has 3 rings (SSSR count). The summed E-state index contributed by atoms with van der Waals surface area (Å²) in [5.41, 5.74) is 1.96. The van der Waals surface area contributed by atoms with Crippen LogP contribution in [0.4, 0.5) is 0 Å². The van der Waals surface area contributed by atoms with Gasteiger partial charge in [0, 0.05) is 11.1 Å². The summed E-state index contributed by atoms with van der Waals surface area (Å²) in [6, 6.07) is 14.5. The Morgan fingerprint density at radius 3 is 2.38 bits per heavy atom. The zero-order valence-electron chi connectivity index (χ0n) is 14.2. The maximum absolute atomic E-state index is 12.5. The number of benzene rings is 2. The third-order valence-electron chi connectivity index (χ3n) is 3.67. The van der Waals surface area contributed by atoms with Gasteiger partial charge in [-0.05, 0) is 25.5 Å². The first-order valence-electron chi connectivity index (χ1n) is 7.96. The van der Waals surface area contributed by atoms with Gasteiger partial charge < -0.3 is 4.74 Å². The van der Waals surface area contributed by atoms with Gasteiger partial charge in [0.1, 0.15) is 10.6 Å². The molecule has 0 bridgehead atoms. The minimum absolute atomic E-state index is 0.0410. The summed E-state index contributed by atoms with van der Waals surface area (Å²) in [6.45, 7) is 3.91. The summed E-state index contributed by atoms with van der Waals surface area (Å²) in [6.07, 6.45) is 1.10. The number of ketones is 1. The molecule has 6 nitrogen and oxygen atoms in total. The summed E-state index contributed by atoms with van der Waals surface area (Å²) in [5, 5.41) is 7.14. The molecule has 1 heterocycles. The van der Waals surface area contributed by atoms with Gasteiger partial charge in [-0.1, -0.05) is 42.5 Å². The lowest BCUT2D eigenvalue weighted by Gasteiger charge is -2.14. The Bertz CT molecular complexity index is 1040. The van der Waals surface area contributed by atoms with Crippen LogP contribution in [-0.4, -0.2) is 37.1 Å². The Balaban J connectivity index is 1.91. The molecule has 0 saturated carbocycles. The molecule has 0 amide bonds. The largest absolute Gasteiger partial charge is 0.490 e.